The van der Waals surface area contributed by atoms with E-state index in [2.05, 4.69) is 52.0 Å². The van der Waals surface area contributed by atoms with Gasteiger partial charge in [0.15, 0.2) is 0 Å². The third-order valence-electron chi connectivity index (χ3n) is 4.85. The number of hydrogen-bond donors (Lipinski definition) is 1. The molecule has 0 radical (unpaired) electrons. The zero-order valence-corrected chi connectivity index (χ0v) is 13.7. The van der Waals surface area contributed by atoms with E-state index < -0.39 is 0 Å². The zero-order chi connectivity index (χ0) is 14.8. The summed E-state index contributed by atoms with van der Waals surface area (Å²) >= 11 is 0. The molecular weight excluding hydrogens is 242 g/mol. The molecule has 2 atom stereocenters. The Morgan fingerprint density at radius 2 is 1.80 bits per heavy atom. The fourth-order valence-electron chi connectivity index (χ4n) is 3.76. The highest BCUT2D eigenvalue weighted by Gasteiger charge is 2.34. The molecule has 1 aromatic rings. The van der Waals surface area contributed by atoms with Gasteiger partial charge in [0.25, 0.3) is 0 Å². The van der Waals surface area contributed by atoms with Gasteiger partial charge in [0.2, 0.25) is 0 Å². The van der Waals surface area contributed by atoms with Crippen LogP contribution in [0, 0.1) is 11.8 Å². The first-order chi connectivity index (χ1) is 9.40. The van der Waals surface area contributed by atoms with E-state index in [9.17, 15) is 0 Å². The van der Waals surface area contributed by atoms with Crippen molar-refractivity contribution in [2.24, 2.45) is 17.6 Å². The topological polar surface area (TPSA) is 26.0 Å². The Morgan fingerprint density at radius 1 is 1.15 bits per heavy atom. The molecule has 1 aliphatic carbocycles. The van der Waals surface area contributed by atoms with Gasteiger partial charge in [-0.05, 0) is 48.1 Å². The van der Waals surface area contributed by atoms with Crippen molar-refractivity contribution in [3.63, 3.8) is 0 Å². The summed E-state index contributed by atoms with van der Waals surface area (Å²) in [6.07, 6.45) is 6.26. The minimum atomic E-state index is -0.0900. The summed E-state index contributed by atoms with van der Waals surface area (Å²) in [4.78, 5) is 0. The molecule has 1 aliphatic rings. The van der Waals surface area contributed by atoms with Gasteiger partial charge in [0.1, 0.15) is 0 Å². The van der Waals surface area contributed by atoms with E-state index >= 15 is 0 Å². The van der Waals surface area contributed by atoms with Crippen LogP contribution in [0.2, 0.25) is 0 Å². The Bertz CT molecular complexity index is 418. The molecule has 2 unspecified atom stereocenters. The van der Waals surface area contributed by atoms with E-state index in [0.29, 0.717) is 5.92 Å². The third kappa shape index (κ3) is 3.63. The van der Waals surface area contributed by atoms with Crippen molar-refractivity contribution in [1.82, 2.24) is 0 Å². The van der Waals surface area contributed by atoms with Gasteiger partial charge in [-0.25, -0.2) is 0 Å². The van der Waals surface area contributed by atoms with Gasteiger partial charge in [0.05, 0.1) is 0 Å². The van der Waals surface area contributed by atoms with Crippen LogP contribution in [-0.4, -0.2) is 0 Å². The fourth-order valence-corrected chi connectivity index (χ4v) is 3.76. The van der Waals surface area contributed by atoms with E-state index in [1.54, 1.807) is 0 Å². The molecule has 2 N–H and O–H groups in total. The highest BCUT2D eigenvalue weighted by atomic mass is 14.8. The molecule has 0 saturated heterocycles. The average Bonchev–Trinajstić information content (AvgIpc) is 2.38. The molecule has 0 spiro atoms. The minimum Gasteiger partial charge on any atom is -0.321 e. The Balaban J connectivity index is 2.12. The lowest BCUT2D eigenvalue weighted by Gasteiger charge is -2.39. The van der Waals surface area contributed by atoms with E-state index in [-0.39, 0.29) is 5.54 Å². The van der Waals surface area contributed by atoms with E-state index in [0.717, 1.165) is 24.7 Å². The van der Waals surface area contributed by atoms with Crippen molar-refractivity contribution in [3.8, 4) is 0 Å². The summed E-state index contributed by atoms with van der Waals surface area (Å²) in [5, 5.41) is 0. The largest absolute Gasteiger partial charge is 0.321 e. The Morgan fingerprint density at radius 3 is 2.35 bits per heavy atom. The predicted octanol–water partition coefficient (Wildman–Crippen LogP) is 5.20. The van der Waals surface area contributed by atoms with Crippen LogP contribution in [0.25, 0.3) is 0 Å². The average molecular weight is 273 g/mol. The van der Waals surface area contributed by atoms with Crippen LogP contribution in [0.1, 0.15) is 76.8 Å². The van der Waals surface area contributed by atoms with Crippen LogP contribution in [0.5, 0.6) is 0 Å². The fraction of sp³-hybridized carbons (Fsp3) is 0.684. The highest BCUT2D eigenvalue weighted by Crippen LogP contribution is 2.40. The normalized spacial score (nSPS) is 27.2. The molecule has 20 heavy (non-hydrogen) atoms. The lowest BCUT2D eigenvalue weighted by molar-refractivity contribution is 0.202. The monoisotopic (exact) mass is 273 g/mol. The highest BCUT2D eigenvalue weighted by molar-refractivity contribution is 5.30. The van der Waals surface area contributed by atoms with E-state index in [1.807, 2.05) is 0 Å². The molecule has 0 bridgehead atoms. The van der Waals surface area contributed by atoms with Crippen molar-refractivity contribution < 1.29 is 0 Å². The van der Waals surface area contributed by atoms with Gasteiger partial charge in [-0.2, -0.15) is 0 Å². The second-order valence-corrected chi connectivity index (χ2v) is 7.52. The van der Waals surface area contributed by atoms with Crippen molar-refractivity contribution >= 4 is 0 Å². The first-order valence-corrected chi connectivity index (χ1v) is 8.30. The van der Waals surface area contributed by atoms with Gasteiger partial charge in [0, 0.05) is 5.54 Å². The Kier molecular flexibility index (Phi) is 4.90. The quantitative estimate of drug-likeness (QED) is 0.801. The standard InChI is InChI=1S/C19H31N/c1-14(2)12-16-6-5-11-19(20,13-16)18-9-7-17(8-10-18)15(3)4/h7-10,14-16H,5-6,11-13,20H2,1-4H3. The first kappa shape index (κ1) is 15.6. The van der Waals surface area contributed by atoms with Crippen molar-refractivity contribution in [2.75, 3.05) is 0 Å². The predicted molar refractivity (Wildman–Crippen MR) is 87.8 cm³/mol. The van der Waals surface area contributed by atoms with E-state index in [4.69, 9.17) is 5.73 Å². The van der Waals surface area contributed by atoms with Gasteiger partial charge in [-0.15, -0.1) is 0 Å². The number of benzene rings is 1. The van der Waals surface area contributed by atoms with Crippen molar-refractivity contribution in [3.05, 3.63) is 35.4 Å². The second-order valence-electron chi connectivity index (χ2n) is 7.52. The first-order valence-electron chi connectivity index (χ1n) is 8.30. The van der Waals surface area contributed by atoms with Crippen LogP contribution in [0.3, 0.4) is 0 Å². The van der Waals surface area contributed by atoms with Gasteiger partial charge >= 0.3 is 0 Å². The SMILES string of the molecule is CC(C)CC1CCCC(N)(c2ccc(C(C)C)cc2)C1. The maximum absolute atomic E-state index is 6.77. The van der Waals surface area contributed by atoms with Crippen LogP contribution < -0.4 is 5.73 Å². The Hall–Kier alpha value is -0.820. The molecule has 1 aromatic carbocycles. The summed E-state index contributed by atoms with van der Waals surface area (Å²) in [7, 11) is 0. The van der Waals surface area contributed by atoms with Crippen LogP contribution in [-0.2, 0) is 5.54 Å². The summed E-state index contributed by atoms with van der Waals surface area (Å²) in [5.41, 5.74) is 9.43. The zero-order valence-electron chi connectivity index (χ0n) is 13.7. The summed E-state index contributed by atoms with van der Waals surface area (Å²) in [6, 6.07) is 9.07. The lowest BCUT2D eigenvalue weighted by Crippen LogP contribution is -2.41. The minimum absolute atomic E-state index is 0.0900. The van der Waals surface area contributed by atoms with Crippen LogP contribution >= 0.6 is 0 Å². The molecule has 1 saturated carbocycles. The molecular formula is C19H31N. The molecule has 1 nitrogen and oxygen atoms in total. The molecule has 0 heterocycles. The summed E-state index contributed by atoms with van der Waals surface area (Å²) in [6.45, 7) is 9.13. The van der Waals surface area contributed by atoms with E-state index in [1.165, 1.54) is 30.4 Å². The van der Waals surface area contributed by atoms with Gasteiger partial charge in [-0.3, -0.25) is 0 Å². The molecule has 0 aromatic heterocycles. The molecule has 1 heteroatoms. The molecule has 2 rings (SSSR count). The second kappa shape index (κ2) is 6.30. The number of nitrogens with two attached hydrogens (primary N) is 1. The van der Waals surface area contributed by atoms with Crippen LogP contribution in [0.15, 0.2) is 24.3 Å². The molecule has 0 aliphatic heterocycles. The lowest BCUT2D eigenvalue weighted by atomic mass is 9.70. The summed E-state index contributed by atoms with van der Waals surface area (Å²) < 4.78 is 0. The van der Waals surface area contributed by atoms with Crippen molar-refractivity contribution in [1.29, 1.82) is 0 Å². The molecule has 0 amide bonds. The van der Waals surface area contributed by atoms with Gasteiger partial charge < -0.3 is 5.73 Å². The number of rotatable bonds is 4. The maximum atomic E-state index is 6.77. The molecule has 112 valence electrons. The summed E-state index contributed by atoms with van der Waals surface area (Å²) in [5.74, 6) is 2.18. The smallest absolute Gasteiger partial charge is 0.0412 e. The van der Waals surface area contributed by atoms with Gasteiger partial charge in [-0.1, -0.05) is 64.8 Å². The number of hydrogen-bond acceptors (Lipinski definition) is 1. The third-order valence-corrected chi connectivity index (χ3v) is 4.85. The molecule has 1 fully saturated rings. The maximum Gasteiger partial charge on any atom is 0.0412 e. The van der Waals surface area contributed by atoms with Crippen LogP contribution in [0.4, 0.5) is 0 Å². The Labute approximate surface area is 125 Å². The van der Waals surface area contributed by atoms with Crippen molar-refractivity contribution in [2.45, 2.75) is 71.3 Å².